The molecule has 0 aromatic heterocycles. The molecule has 0 aromatic carbocycles. The predicted octanol–water partition coefficient (Wildman–Crippen LogP) is 4.51. The lowest BCUT2D eigenvalue weighted by atomic mass is 9.95. The Morgan fingerprint density at radius 2 is 1.16 bits per heavy atom. The number of rotatable bonds is 8. The fourth-order valence-electron chi connectivity index (χ4n) is 1.44. The van der Waals surface area contributed by atoms with Crippen molar-refractivity contribution in [2.75, 3.05) is 13.1 Å². The van der Waals surface area contributed by atoms with Gasteiger partial charge in [-0.25, -0.2) is 0 Å². The molecule has 0 unspecified atom stereocenters. The molecule has 0 bridgehead atoms. The fraction of sp³-hybridized carbons (Fsp3) is 0.750. The first-order valence-electron chi connectivity index (χ1n) is 6.46. The Balaban J connectivity index is 5.92. The second-order valence-electron chi connectivity index (χ2n) is 4.70. The Hall–Kier alpha value is -1.56. The van der Waals surface area contributed by atoms with Crippen LogP contribution in [0.3, 0.4) is 0 Å². The smallest absolute Gasteiger partial charge is 0.378 e. The summed E-state index contributed by atoms with van der Waals surface area (Å²) in [7, 11) is 0. The van der Waals surface area contributed by atoms with Crippen molar-refractivity contribution in [1.82, 2.24) is 4.90 Å². The van der Waals surface area contributed by atoms with Crippen molar-refractivity contribution < 1.29 is 53.1 Å². The van der Waals surface area contributed by atoms with Crippen molar-refractivity contribution in [2.24, 2.45) is 0 Å². The van der Waals surface area contributed by atoms with Gasteiger partial charge in [0.1, 0.15) is 0 Å². The highest BCUT2D eigenvalue weighted by Gasteiger charge is 2.88. The van der Waals surface area contributed by atoms with Gasteiger partial charge in [0.25, 0.3) is 0 Å². The van der Waals surface area contributed by atoms with Crippen LogP contribution >= 0.6 is 0 Å². The highest BCUT2D eigenvalue weighted by atomic mass is 19.4. The van der Waals surface area contributed by atoms with Crippen LogP contribution in [0.5, 0.6) is 0 Å². The second-order valence-corrected chi connectivity index (χ2v) is 4.70. The minimum absolute atomic E-state index is 0.0740. The van der Waals surface area contributed by atoms with Gasteiger partial charge >= 0.3 is 29.9 Å². The molecule has 0 aliphatic heterocycles. The summed E-state index contributed by atoms with van der Waals surface area (Å²) in [5.74, 6) is -32.0. The fourth-order valence-corrected chi connectivity index (χ4v) is 1.44. The molecule has 0 saturated heterocycles. The van der Waals surface area contributed by atoms with Gasteiger partial charge in [-0.15, -0.1) is 0 Å². The lowest BCUT2D eigenvalue weighted by Crippen LogP contribution is -2.67. The zero-order valence-corrected chi connectivity index (χ0v) is 12.6. The van der Waals surface area contributed by atoms with Crippen LogP contribution in [-0.4, -0.2) is 53.6 Å². The number of hydrogen-bond donors (Lipinski definition) is 0. The maximum absolute atomic E-state index is 13.3. The standard InChI is InChI=1S/C12H12F11NO/c1-3-24(4-2)6-5-7(25)8(13,14)9(15,16)10(17,18)11(19,20)12(21,22)23/h5-6H,3-4H2,1-2H3/b6-5+. The first-order chi connectivity index (χ1) is 10.9. The van der Waals surface area contributed by atoms with E-state index in [-0.39, 0.29) is 19.2 Å². The molecular weight excluding hydrogens is 383 g/mol. The molecule has 25 heavy (non-hydrogen) atoms. The Bertz CT molecular complexity index is 506. The molecule has 0 aromatic rings. The van der Waals surface area contributed by atoms with Gasteiger partial charge in [-0.1, -0.05) is 0 Å². The monoisotopic (exact) mass is 395 g/mol. The van der Waals surface area contributed by atoms with Crippen LogP contribution in [0.15, 0.2) is 12.3 Å². The average molecular weight is 395 g/mol. The van der Waals surface area contributed by atoms with Crippen LogP contribution < -0.4 is 0 Å². The molecule has 0 rings (SSSR count). The Morgan fingerprint density at radius 1 is 0.760 bits per heavy atom. The summed E-state index contributed by atoms with van der Waals surface area (Å²) < 4.78 is 140. The van der Waals surface area contributed by atoms with Gasteiger partial charge in [0.15, 0.2) is 0 Å². The lowest BCUT2D eigenvalue weighted by Gasteiger charge is -2.36. The molecule has 0 spiro atoms. The van der Waals surface area contributed by atoms with Crippen LogP contribution in [0.25, 0.3) is 0 Å². The van der Waals surface area contributed by atoms with E-state index in [2.05, 4.69) is 0 Å². The summed E-state index contributed by atoms with van der Waals surface area (Å²) in [6.45, 7) is 3.02. The zero-order valence-electron chi connectivity index (χ0n) is 12.6. The van der Waals surface area contributed by atoms with Crippen molar-refractivity contribution >= 4 is 5.78 Å². The molecule has 0 aliphatic carbocycles. The third kappa shape index (κ3) is 3.84. The van der Waals surface area contributed by atoms with Crippen LogP contribution in [0.1, 0.15) is 13.8 Å². The highest BCUT2D eigenvalue weighted by Crippen LogP contribution is 2.57. The number of carbonyl (C=O) groups is 1. The number of alkyl halides is 11. The number of nitrogens with zero attached hydrogens (tertiary/aromatic N) is 1. The molecule has 0 amide bonds. The van der Waals surface area contributed by atoms with Gasteiger partial charge in [-0.3, -0.25) is 4.79 Å². The largest absolute Gasteiger partial charge is 0.460 e. The number of hydrogen-bond acceptors (Lipinski definition) is 2. The SMILES string of the molecule is CCN(/C=C/C(=O)C(F)(F)C(F)(F)C(F)(F)C(F)(F)C(F)(F)F)CC. The predicted molar refractivity (Wildman–Crippen MR) is 62.9 cm³/mol. The van der Waals surface area contributed by atoms with Gasteiger partial charge in [0, 0.05) is 25.4 Å². The van der Waals surface area contributed by atoms with Gasteiger partial charge in [0.05, 0.1) is 0 Å². The van der Waals surface area contributed by atoms with E-state index in [0.29, 0.717) is 6.20 Å². The van der Waals surface area contributed by atoms with Gasteiger partial charge in [-0.05, 0) is 13.8 Å². The van der Waals surface area contributed by atoms with Crippen LogP contribution in [0.2, 0.25) is 0 Å². The summed E-state index contributed by atoms with van der Waals surface area (Å²) in [6.07, 6.45) is -7.06. The first-order valence-corrected chi connectivity index (χ1v) is 6.46. The normalized spacial score (nSPS) is 14.9. The van der Waals surface area contributed by atoms with E-state index < -0.39 is 35.6 Å². The zero-order chi connectivity index (χ0) is 20.5. The molecule has 0 saturated carbocycles. The summed E-state index contributed by atoms with van der Waals surface area (Å²) in [5, 5.41) is 0. The van der Waals surface area contributed by atoms with Gasteiger partial charge < -0.3 is 4.90 Å². The minimum Gasteiger partial charge on any atom is -0.378 e. The topological polar surface area (TPSA) is 20.3 Å². The van der Waals surface area contributed by atoms with Crippen molar-refractivity contribution in [2.45, 2.75) is 43.7 Å². The molecule has 148 valence electrons. The molecule has 2 nitrogen and oxygen atoms in total. The van der Waals surface area contributed by atoms with Gasteiger partial charge in [0.2, 0.25) is 5.78 Å². The Morgan fingerprint density at radius 3 is 1.48 bits per heavy atom. The molecule has 13 heteroatoms. The van der Waals surface area contributed by atoms with E-state index in [4.69, 9.17) is 0 Å². The third-order valence-electron chi connectivity index (χ3n) is 3.10. The van der Waals surface area contributed by atoms with Crippen LogP contribution in [-0.2, 0) is 4.79 Å². The first kappa shape index (κ1) is 23.4. The molecule has 0 radical (unpaired) electrons. The Labute approximate surface area is 134 Å². The van der Waals surface area contributed by atoms with E-state index in [1.54, 1.807) is 0 Å². The summed E-state index contributed by atoms with van der Waals surface area (Å²) in [5.41, 5.74) is 0. The van der Waals surface area contributed by atoms with Crippen molar-refractivity contribution in [3.8, 4) is 0 Å². The summed E-state index contributed by atoms with van der Waals surface area (Å²) in [4.78, 5) is 12.1. The van der Waals surface area contributed by atoms with Crippen LogP contribution in [0.4, 0.5) is 48.3 Å². The maximum atomic E-state index is 13.3. The van der Waals surface area contributed by atoms with E-state index in [9.17, 15) is 53.1 Å². The van der Waals surface area contributed by atoms with Crippen LogP contribution in [0, 0.1) is 0 Å². The maximum Gasteiger partial charge on any atom is 0.460 e. The number of carbonyl (C=O) groups excluding carboxylic acids is 1. The van der Waals surface area contributed by atoms with Crippen molar-refractivity contribution in [3.05, 3.63) is 12.3 Å². The summed E-state index contributed by atoms with van der Waals surface area (Å²) in [6, 6.07) is 0. The number of halogens is 11. The minimum atomic E-state index is -7.58. The lowest BCUT2D eigenvalue weighted by molar-refractivity contribution is -0.416. The quantitative estimate of drug-likeness (QED) is 0.445. The molecular formula is C12H12F11NO. The molecule has 0 fully saturated rings. The van der Waals surface area contributed by atoms with Crippen molar-refractivity contribution in [3.63, 3.8) is 0 Å². The van der Waals surface area contributed by atoms with E-state index in [0.717, 1.165) is 4.90 Å². The molecule has 0 N–H and O–H groups in total. The summed E-state index contributed by atoms with van der Waals surface area (Å²) >= 11 is 0. The molecule has 0 atom stereocenters. The average Bonchev–Trinajstić information content (AvgIpc) is 2.46. The highest BCUT2D eigenvalue weighted by molar-refractivity contribution is 5.96. The number of ketones is 1. The third-order valence-corrected chi connectivity index (χ3v) is 3.10. The molecule has 0 heterocycles. The van der Waals surface area contributed by atoms with E-state index in [1.807, 2.05) is 0 Å². The van der Waals surface area contributed by atoms with E-state index >= 15 is 0 Å². The van der Waals surface area contributed by atoms with E-state index in [1.165, 1.54) is 13.8 Å². The van der Waals surface area contributed by atoms with Gasteiger partial charge in [-0.2, -0.15) is 48.3 Å². The Kier molecular flexibility index (Phi) is 6.55. The second kappa shape index (κ2) is 6.98. The number of allylic oxidation sites excluding steroid dienone is 1. The molecule has 0 aliphatic rings. The van der Waals surface area contributed by atoms with Crippen molar-refractivity contribution in [1.29, 1.82) is 0 Å².